The number of pyridine rings is 1. The Kier molecular flexibility index (Phi) is 2.66. The molecule has 106 valence electrons. The first kappa shape index (κ1) is 12.5. The summed E-state index contributed by atoms with van der Waals surface area (Å²) in [6.45, 7) is 0. The molecule has 0 saturated heterocycles. The summed E-state index contributed by atoms with van der Waals surface area (Å²) in [6.07, 6.45) is 1.78. The molecule has 0 fully saturated rings. The minimum absolute atomic E-state index is 0.0485. The first-order valence-electron chi connectivity index (χ1n) is 6.91. The van der Waals surface area contributed by atoms with Gasteiger partial charge in [-0.2, -0.15) is 0 Å². The largest absolute Gasteiger partial charge is 0.384 e. The van der Waals surface area contributed by atoms with Gasteiger partial charge >= 0.3 is 0 Å². The average molecular weight is 287 g/mol. The van der Waals surface area contributed by atoms with Crippen LogP contribution >= 0.6 is 0 Å². The molecule has 4 N–H and O–H groups in total. The third kappa shape index (κ3) is 1.91. The summed E-state index contributed by atoms with van der Waals surface area (Å²) in [4.78, 5) is 12.3. The lowest BCUT2D eigenvalue weighted by molar-refractivity contribution is 1.33. The number of imidazole rings is 1. The van der Waals surface area contributed by atoms with E-state index in [-0.39, 0.29) is 5.84 Å². The van der Waals surface area contributed by atoms with Gasteiger partial charge in [-0.25, -0.2) is 4.98 Å². The maximum absolute atomic E-state index is 7.52. The van der Waals surface area contributed by atoms with Crippen LogP contribution in [0.4, 0.5) is 0 Å². The number of amidine groups is 1. The predicted octanol–water partition coefficient (Wildman–Crippen LogP) is 3.06. The van der Waals surface area contributed by atoms with Gasteiger partial charge < -0.3 is 10.7 Å². The lowest BCUT2D eigenvalue weighted by Crippen LogP contribution is -2.10. The highest BCUT2D eigenvalue weighted by Crippen LogP contribution is 2.27. The number of nitrogens with two attached hydrogens (primary N) is 1. The Morgan fingerprint density at radius 1 is 1.05 bits per heavy atom. The minimum atomic E-state index is 0.0485. The molecule has 0 unspecified atom stereocenters. The lowest BCUT2D eigenvalue weighted by Gasteiger charge is -2.02. The smallest absolute Gasteiger partial charge is 0.139 e. The number of para-hydroxylation sites is 1. The quantitative estimate of drug-likeness (QED) is 0.391. The topological polar surface area (TPSA) is 91.4 Å². The summed E-state index contributed by atoms with van der Waals surface area (Å²) in [5, 5.41) is 8.58. The number of hydrogen-bond donors (Lipinski definition) is 3. The Hall–Kier alpha value is -3.21. The molecule has 2 aromatic carbocycles. The molecule has 4 rings (SSSR count). The summed E-state index contributed by atoms with van der Waals surface area (Å²) in [7, 11) is 0. The third-order valence-electron chi connectivity index (χ3n) is 3.70. The van der Waals surface area contributed by atoms with E-state index < -0.39 is 0 Å². The van der Waals surface area contributed by atoms with Crippen LogP contribution in [0.25, 0.3) is 33.3 Å². The molecule has 5 nitrogen and oxygen atoms in total. The van der Waals surface area contributed by atoms with Crippen LogP contribution in [0.15, 0.2) is 54.7 Å². The van der Waals surface area contributed by atoms with Gasteiger partial charge in [0.1, 0.15) is 11.7 Å². The van der Waals surface area contributed by atoms with E-state index in [0.29, 0.717) is 5.56 Å². The zero-order chi connectivity index (χ0) is 15.1. The number of H-pyrrole nitrogens is 1. The summed E-state index contributed by atoms with van der Waals surface area (Å²) in [5.74, 6) is 0.835. The molecule has 0 amide bonds. The Labute approximate surface area is 126 Å². The van der Waals surface area contributed by atoms with Gasteiger partial charge in [-0.05, 0) is 30.3 Å². The van der Waals surface area contributed by atoms with Gasteiger partial charge in [0, 0.05) is 22.7 Å². The molecule has 4 aromatic rings. The predicted molar refractivity (Wildman–Crippen MR) is 87.8 cm³/mol. The number of benzene rings is 2. The first-order valence-corrected chi connectivity index (χ1v) is 6.91. The monoisotopic (exact) mass is 287 g/mol. The van der Waals surface area contributed by atoms with E-state index in [4.69, 9.17) is 11.1 Å². The normalized spacial score (nSPS) is 11.1. The Morgan fingerprint density at radius 3 is 2.77 bits per heavy atom. The lowest BCUT2D eigenvalue weighted by atomic mass is 10.1. The average Bonchev–Trinajstić information content (AvgIpc) is 2.97. The fourth-order valence-electron chi connectivity index (χ4n) is 2.61. The van der Waals surface area contributed by atoms with Crippen LogP contribution in [0.2, 0.25) is 0 Å². The van der Waals surface area contributed by atoms with Crippen molar-refractivity contribution in [2.75, 3.05) is 0 Å². The van der Waals surface area contributed by atoms with Gasteiger partial charge in [-0.3, -0.25) is 10.4 Å². The van der Waals surface area contributed by atoms with Crippen LogP contribution in [0, 0.1) is 5.41 Å². The molecule has 2 aromatic heterocycles. The molecule has 22 heavy (non-hydrogen) atoms. The van der Waals surface area contributed by atoms with Crippen molar-refractivity contribution < 1.29 is 0 Å². The van der Waals surface area contributed by atoms with E-state index in [1.54, 1.807) is 12.3 Å². The number of nitrogens with one attached hydrogen (secondary N) is 2. The molecule has 0 saturated carbocycles. The van der Waals surface area contributed by atoms with Crippen LogP contribution in [-0.2, 0) is 0 Å². The van der Waals surface area contributed by atoms with Crippen molar-refractivity contribution in [1.29, 1.82) is 5.41 Å². The Morgan fingerprint density at radius 2 is 1.91 bits per heavy atom. The highest BCUT2D eigenvalue weighted by atomic mass is 14.9. The maximum atomic E-state index is 7.52. The molecule has 0 radical (unpaired) electrons. The molecule has 0 aliphatic heterocycles. The van der Waals surface area contributed by atoms with Crippen molar-refractivity contribution in [1.82, 2.24) is 15.0 Å². The highest BCUT2D eigenvalue weighted by molar-refractivity contribution is 5.99. The van der Waals surface area contributed by atoms with Crippen LogP contribution < -0.4 is 5.73 Å². The zero-order valence-electron chi connectivity index (χ0n) is 11.7. The van der Waals surface area contributed by atoms with Crippen molar-refractivity contribution in [2.24, 2.45) is 5.73 Å². The molecule has 0 spiro atoms. The van der Waals surface area contributed by atoms with Gasteiger partial charge in [0.25, 0.3) is 0 Å². The van der Waals surface area contributed by atoms with Crippen molar-refractivity contribution in [3.63, 3.8) is 0 Å². The number of hydrogen-bond acceptors (Lipinski definition) is 3. The molecule has 0 aliphatic rings. The van der Waals surface area contributed by atoms with Crippen LogP contribution in [0.1, 0.15) is 5.56 Å². The van der Waals surface area contributed by atoms with E-state index in [9.17, 15) is 0 Å². The van der Waals surface area contributed by atoms with Gasteiger partial charge in [0.15, 0.2) is 0 Å². The maximum Gasteiger partial charge on any atom is 0.139 e. The van der Waals surface area contributed by atoms with E-state index >= 15 is 0 Å². The Bertz CT molecular complexity index is 1010. The van der Waals surface area contributed by atoms with Crippen molar-refractivity contribution in [2.45, 2.75) is 0 Å². The first-order chi connectivity index (χ1) is 10.7. The SMILES string of the molecule is N=C(N)c1ccc2nc(-c3ccnc4ccccc34)[nH]c2c1. The number of aromatic amines is 1. The summed E-state index contributed by atoms with van der Waals surface area (Å²) in [6, 6.07) is 15.4. The van der Waals surface area contributed by atoms with Crippen molar-refractivity contribution in [3.05, 3.63) is 60.3 Å². The van der Waals surface area contributed by atoms with E-state index in [1.165, 1.54) is 0 Å². The fourth-order valence-corrected chi connectivity index (χ4v) is 2.61. The molecule has 5 heteroatoms. The van der Waals surface area contributed by atoms with Crippen molar-refractivity contribution in [3.8, 4) is 11.4 Å². The number of fused-ring (bicyclic) bond motifs is 2. The standard InChI is InChI=1S/C17H13N5/c18-16(19)10-5-6-14-15(9-10)22-17(21-14)12-7-8-20-13-4-2-1-3-11(12)13/h1-9H,(H3,18,19)(H,21,22). The summed E-state index contributed by atoms with van der Waals surface area (Å²) >= 11 is 0. The summed E-state index contributed by atoms with van der Waals surface area (Å²) < 4.78 is 0. The second-order valence-electron chi connectivity index (χ2n) is 5.11. The Balaban J connectivity index is 1.95. The van der Waals surface area contributed by atoms with E-state index in [0.717, 1.165) is 33.3 Å². The van der Waals surface area contributed by atoms with Crippen LogP contribution in [-0.4, -0.2) is 20.8 Å². The van der Waals surface area contributed by atoms with Gasteiger partial charge in [0.2, 0.25) is 0 Å². The highest BCUT2D eigenvalue weighted by Gasteiger charge is 2.10. The molecular formula is C17H13N5. The molecular weight excluding hydrogens is 274 g/mol. The number of aromatic nitrogens is 3. The second kappa shape index (κ2) is 4.66. The van der Waals surface area contributed by atoms with E-state index in [2.05, 4.69) is 15.0 Å². The number of nitrogens with zero attached hydrogens (tertiary/aromatic N) is 2. The second-order valence-corrected chi connectivity index (χ2v) is 5.11. The molecule has 2 heterocycles. The van der Waals surface area contributed by atoms with Crippen LogP contribution in [0.3, 0.4) is 0 Å². The fraction of sp³-hybridized carbons (Fsp3) is 0. The number of nitrogen functional groups attached to an aromatic ring is 1. The zero-order valence-corrected chi connectivity index (χ0v) is 11.7. The van der Waals surface area contributed by atoms with Crippen LogP contribution in [0.5, 0.6) is 0 Å². The minimum Gasteiger partial charge on any atom is -0.384 e. The molecule has 0 atom stereocenters. The van der Waals surface area contributed by atoms with E-state index in [1.807, 2.05) is 42.5 Å². The number of rotatable bonds is 2. The molecule has 0 aliphatic carbocycles. The summed E-state index contributed by atoms with van der Waals surface area (Å²) in [5.41, 5.74) is 9.87. The molecule has 0 bridgehead atoms. The van der Waals surface area contributed by atoms with Crippen molar-refractivity contribution >= 4 is 27.8 Å². The third-order valence-corrected chi connectivity index (χ3v) is 3.70. The van der Waals surface area contributed by atoms with Gasteiger partial charge in [0.05, 0.1) is 16.6 Å². The van der Waals surface area contributed by atoms with Gasteiger partial charge in [-0.1, -0.05) is 18.2 Å². The van der Waals surface area contributed by atoms with Gasteiger partial charge in [-0.15, -0.1) is 0 Å².